The summed E-state index contributed by atoms with van der Waals surface area (Å²) in [6, 6.07) is 10.6. The van der Waals surface area contributed by atoms with E-state index >= 15 is 0 Å². The molecule has 1 atom stereocenters. The zero-order valence-corrected chi connectivity index (χ0v) is 14.2. The van der Waals surface area contributed by atoms with Crippen LogP contribution in [0.15, 0.2) is 40.2 Å². The highest BCUT2D eigenvalue weighted by Gasteiger charge is 2.52. The second-order valence-corrected chi connectivity index (χ2v) is 9.76. The summed E-state index contributed by atoms with van der Waals surface area (Å²) in [6.45, 7) is 4.46. The van der Waals surface area contributed by atoms with Gasteiger partial charge < -0.3 is 0 Å². The van der Waals surface area contributed by atoms with Crippen LogP contribution in [-0.4, -0.2) is 25.8 Å². The van der Waals surface area contributed by atoms with E-state index in [9.17, 15) is 0 Å². The van der Waals surface area contributed by atoms with Crippen molar-refractivity contribution < 1.29 is 0 Å². The van der Waals surface area contributed by atoms with E-state index < -0.39 is 0 Å². The number of thioether (sulfide) groups is 4. The highest BCUT2D eigenvalue weighted by molar-refractivity contribution is 8.48. The van der Waals surface area contributed by atoms with Gasteiger partial charge in [0.2, 0.25) is 0 Å². The average molecular weight is 316 g/mol. The minimum absolute atomic E-state index is 0.0344. The number of nitrogens with zero attached hydrogens (tertiary/aromatic N) is 1. The summed E-state index contributed by atoms with van der Waals surface area (Å²) in [7, 11) is 0. The largest absolute Gasteiger partial charge is 0.262 e. The molecule has 0 aliphatic carbocycles. The molecule has 0 radical (unpaired) electrons. The minimum Gasteiger partial charge on any atom is -0.262 e. The third-order valence-corrected chi connectivity index (χ3v) is 9.32. The summed E-state index contributed by atoms with van der Waals surface area (Å²) in [6.07, 6.45) is 4.29. The first-order valence-electron chi connectivity index (χ1n) is 5.65. The van der Waals surface area contributed by atoms with Gasteiger partial charge in [0.15, 0.2) is 0 Å². The van der Waals surface area contributed by atoms with Crippen LogP contribution >= 0.6 is 47.0 Å². The number of benzene rings is 1. The van der Waals surface area contributed by atoms with Crippen molar-refractivity contribution in [2.75, 3.05) is 12.5 Å². The summed E-state index contributed by atoms with van der Waals surface area (Å²) >= 11 is 7.47. The van der Waals surface area contributed by atoms with Crippen LogP contribution in [0.5, 0.6) is 0 Å². The molecule has 5 heteroatoms. The monoisotopic (exact) mass is 315 g/mol. The van der Waals surface area contributed by atoms with Gasteiger partial charge in [-0.1, -0.05) is 41.7 Å². The molecule has 18 heavy (non-hydrogen) atoms. The number of hydrogen-bond acceptors (Lipinski definition) is 5. The Morgan fingerprint density at radius 3 is 2.28 bits per heavy atom. The summed E-state index contributed by atoms with van der Waals surface area (Å²) in [5.41, 5.74) is -0.0596. The maximum atomic E-state index is 4.86. The van der Waals surface area contributed by atoms with Gasteiger partial charge in [0.1, 0.15) is 7.79 Å². The van der Waals surface area contributed by atoms with Crippen molar-refractivity contribution in [2.24, 2.45) is 4.99 Å². The lowest BCUT2D eigenvalue weighted by molar-refractivity contribution is 0.563. The van der Waals surface area contributed by atoms with E-state index in [0.717, 1.165) is 0 Å². The van der Waals surface area contributed by atoms with Gasteiger partial charge in [0.05, 0.1) is 5.54 Å². The molecule has 1 aliphatic rings. The Morgan fingerprint density at radius 1 is 1.11 bits per heavy atom. The molecule has 1 nitrogen and oxygen atoms in total. The molecule has 0 saturated carbocycles. The maximum absolute atomic E-state index is 4.86. The van der Waals surface area contributed by atoms with Crippen LogP contribution in [0.1, 0.15) is 13.8 Å². The number of aliphatic imine (C=N–C) groups is 1. The Morgan fingerprint density at radius 2 is 1.78 bits per heavy atom. The van der Waals surface area contributed by atoms with Gasteiger partial charge in [-0.3, -0.25) is 4.99 Å². The maximum Gasteiger partial charge on any atom is 0.142 e. The quantitative estimate of drug-likeness (QED) is 0.724. The third-order valence-electron chi connectivity index (χ3n) is 2.78. The molecule has 1 aliphatic heterocycles. The molecule has 0 aromatic heterocycles. The molecule has 2 rings (SSSR count). The number of hydrogen-bond donors (Lipinski definition) is 0. The second kappa shape index (κ2) is 5.73. The molecular weight excluding hydrogens is 298 g/mol. The molecule has 0 N–H and O–H groups in total. The molecule has 0 fully saturated rings. The van der Waals surface area contributed by atoms with Crippen molar-refractivity contribution in [1.29, 1.82) is 0 Å². The van der Waals surface area contributed by atoms with Crippen molar-refractivity contribution in [3.8, 4) is 0 Å². The summed E-state index contributed by atoms with van der Waals surface area (Å²) in [4.78, 5) is 6.17. The minimum atomic E-state index is -0.0596. The first kappa shape index (κ1) is 14.7. The van der Waals surface area contributed by atoms with Gasteiger partial charge in [-0.2, -0.15) is 0 Å². The third kappa shape index (κ3) is 2.74. The molecular formula is C13H17NS4. The van der Waals surface area contributed by atoms with Crippen molar-refractivity contribution in [3.63, 3.8) is 0 Å². The van der Waals surface area contributed by atoms with E-state index in [0.29, 0.717) is 0 Å². The normalized spacial score (nSPS) is 26.1. The van der Waals surface area contributed by atoms with E-state index in [1.165, 1.54) is 9.27 Å². The van der Waals surface area contributed by atoms with Gasteiger partial charge in [-0.05, 0) is 38.5 Å². The molecule has 0 spiro atoms. The zero-order valence-electron chi connectivity index (χ0n) is 11.0. The Labute approximate surface area is 126 Å². The van der Waals surface area contributed by atoms with Crippen LogP contribution in [0.3, 0.4) is 0 Å². The molecule has 0 saturated heterocycles. The highest BCUT2D eigenvalue weighted by Crippen LogP contribution is 2.61. The standard InChI is InChI=1S/C13H17NS4/c1-12(2)13(16-4,18-11(14-12)15-3)17-10-8-6-5-7-9-10/h5-9H,1-4H3. The van der Waals surface area contributed by atoms with Gasteiger partial charge in [-0.25, -0.2) is 0 Å². The second-order valence-electron chi connectivity index (χ2n) is 4.42. The lowest BCUT2D eigenvalue weighted by atomic mass is 10.1. The molecule has 1 aromatic rings. The van der Waals surface area contributed by atoms with Crippen LogP contribution in [0.4, 0.5) is 0 Å². The molecule has 1 heterocycles. The fourth-order valence-electron chi connectivity index (χ4n) is 1.77. The smallest absolute Gasteiger partial charge is 0.142 e. The topological polar surface area (TPSA) is 12.4 Å². The number of rotatable bonds is 3. The van der Waals surface area contributed by atoms with Gasteiger partial charge >= 0.3 is 0 Å². The first-order valence-corrected chi connectivity index (χ1v) is 9.73. The molecule has 0 bridgehead atoms. The molecule has 1 aromatic carbocycles. The predicted octanol–water partition coefficient (Wildman–Crippen LogP) is 5.04. The molecule has 0 amide bonds. The van der Waals surface area contributed by atoms with Crippen molar-refractivity contribution in [3.05, 3.63) is 30.3 Å². The summed E-state index contributed by atoms with van der Waals surface area (Å²) < 4.78 is 1.23. The molecule has 98 valence electrons. The van der Waals surface area contributed by atoms with E-state index in [-0.39, 0.29) is 8.95 Å². The van der Waals surface area contributed by atoms with Crippen molar-refractivity contribution in [1.82, 2.24) is 0 Å². The van der Waals surface area contributed by atoms with Gasteiger partial charge in [0, 0.05) is 4.90 Å². The Hall–Kier alpha value is 0.290. The van der Waals surface area contributed by atoms with Gasteiger partial charge in [-0.15, -0.1) is 23.5 Å². The van der Waals surface area contributed by atoms with E-state index in [1.807, 2.05) is 35.3 Å². The predicted molar refractivity (Wildman–Crippen MR) is 91.2 cm³/mol. The Balaban J connectivity index is 2.28. The van der Waals surface area contributed by atoms with E-state index in [4.69, 9.17) is 4.99 Å². The lowest BCUT2D eigenvalue weighted by Gasteiger charge is -2.36. The van der Waals surface area contributed by atoms with Crippen LogP contribution in [-0.2, 0) is 0 Å². The summed E-state index contributed by atoms with van der Waals surface area (Å²) in [5, 5.41) is 0. The van der Waals surface area contributed by atoms with Crippen molar-refractivity contribution in [2.45, 2.75) is 27.7 Å². The zero-order chi connectivity index (χ0) is 13.2. The van der Waals surface area contributed by atoms with Crippen LogP contribution in [0.25, 0.3) is 0 Å². The SMILES string of the molecule is CSC1=NC(C)(C)C(SC)(Sc2ccccc2)S1. The average Bonchev–Trinajstić information content (AvgIpc) is 2.62. The van der Waals surface area contributed by atoms with Crippen LogP contribution in [0.2, 0.25) is 0 Å². The van der Waals surface area contributed by atoms with E-state index in [2.05, 4.69) is 56.7 Å². The Bertz CT molecular complexity index is 444. The fraction of sp³-hybridized carbons (Fsp3) is 0.462. The fourth-order valence-corrected chi connectivity index (χ4v) is 7.24. The van der Waals surface area contributed by atoms with E-state index in [1.54, 1.807) is 11.8 Å². The highest BCUT2D eigenvalue weighted by atomic mass is 32.3. The Kier molecular flexibility index (Phi) is 4.68. The van der Waals surface area contributed by atoms with Crippen LogP contribution in [0, 0.1) is 0 Å². The lowest BCUT2D eigenvalue weighted by Crippen LogP contribution is -2.36. The molecule has 1 unspecified atom stereocenters. The van der Waals surface area contributed by atoms with Crippen molar-refractivity contribution >= 4 is 51.4 Å². The van der Waals surface area contributed by atoms with Gasteiger partial charge in [0.25, 0.3) is 0 Å². The first-order chi connectivity index (χ1) is 8.53. The van der Waals surface area contributed by atoms with Crippen LogP contribution < -0.4 is 0 Å². The summed E-state index contributed by atoms with van der Waals surface area (Å²) in [5.74, 6) is 0.